The van der Waals surface area contributed by atoms with Crippen LogP contribution in [-0.2, 0) is 20.9 Å². The molecule has 0 unspecified atom stereocenters. The standard InChI is InChI=1S/C34H29FN4O4S/c1-4-43-29(40)19-38-21(3)26(25-12-8-9-13-27(25)38)18-28-33(42)39-31(22-14-16-23(35)17-15-22)30(20(2)36-34(39)44-28)32(41)37-24-10-6-5-7-11-24/h5-18,31H,4,19H2,1-3H3,(H,37,41)/b28-18-/t31-/m1/s1. The second-order valence-electron chi connectivity index (χ2n) is 10.4. The number of carbonyl (C=O) groups is 2. The van der Waals surface area contributed by atoms with Gasteiger partial charge >= 0.3 is 5.97 Å². The van der Waals surface area contributed by atoms with Crippen molar-refractivity contribution < 1.29 is 18.7 Å². The van der Waals surface area contributed by atoms with Gasteiger partial charge in [0.2, 0.25) is 0 Å². The van der Waals surface area contributed by atoms with Crippen LogP contribution in [-0.4, -0.2) is 27.6 Å². The highest BCUT2D eigenvalue weighted by atomic mass is 32.1. The van der Waals surface area contributed by atoms with Crippen molar-refractivity contribution in [2.24, 2.45) is 4.99 Å². The SMILES string of the molecule is CCOC(=O)Cn1c(C)c(/C=c2\sc3n(c2=O)[C@H](c2ccc(F)cc2)C(C(=O)Nc2ccccc2)=C(C)N=3)c2ccccc21. The highest BCUT2D eigenvalue weighted by molar-refractivity contribution is 7.07. The topological polar surface area (TPSA) is 94.7 Å². The molecular formula is C34H29FN4O4S. The number of hydrogen-bond donors (Lipinski definition) is 1. The Labute approximate surface area is 256 Å². The number of allylic oxidation sites excluding steroid dienone is 1. The van der Waals surface area contributed by atoms with Gasteiger partial charge in [-0.3, -0.25) is 19.0 Å². The summed E-state index contributed by atoms with van der Waals surface area (Å²) in [7, 11) is 0. The van der Waals surface area contributed by atoms with E-state index in [1.54, 1.807) is 38.1 Å². The number of thiazole rings is 1. The molecule has 222 valence electrons. The summed E-state index contributed by atoms with van der Waals surface area (Å²) in [5, 5.41) is 3.80. The Bertz CT molecular complexity index is 2130. The number of esters is 1. The third kappa shape index (κ3) is 5.28. The van der Waals surface area contributed by atoms with Gasteiger partial charge < -0.3 is 14.6 Å². The number of aromatic nitrogens is 2. The normalized spacial score (nSPS) is 14.8. The zero-order valence-corrected chi connectivity index (χ0v) is 25.2. The molecule has 0 aliphatic carbocycles. The molecule has 6 rings (SSSR count). The molecule has 0 saturated heterocycles. The second kappa shape index (κ2) is 11.9. The molecule has 3 heterocycles. The number of nitrogens with one attached hydrogen (secondary N) is 1. The Morgan fingerprint density at radius 3 is 2.45 bits per heavy atom. The van der Waals surface area contributed by atoms with Gasteiger partial charge in [-0.25, -0.2) is 9.38 Å². The summed E-state index contributed by atoms with van der Waals surface area (Å²) in [6, 6.07) is 21.7. The van der Waals surface area contributed by atoms with Gasteiger partial charge in [0.05, 0.1) is 28.5 Å². The van der Waals surface area contributed by atoms with E-state index in [1.807, 2.05) is 60.0 Å². The van der Waals surface area contributed by atoms with E-state index in [4.69, 9.17) is 9.73 Å². The first-order valence-electron chi connectivity index (χ1n) is 14.1. The molecule has 0 bridgehead atoms. The Morgan fingerprint density at radius 1 is 1.02 bits per heavy atom. The number of fused-ring (bicyclic) bond motifs is 2. The van der Waals surface area contributed by atoms with E-state index in [-0.39, 0.29) is 24.7 Å². The van der Waals surface area contributed by atoms with Crippen molar-refractivity contribution >= 4 is 45.9 Å². The van der Waals surface area contributed by atoms with Gasteiger partial charge in [0.15, 0.2) is 4.80 Å². The molecule has 1 amide bonds. The molecule has 3 aromatic carbocycles. The van der Waals surface area contributed by atoms with Crippen LogP contribution in [0.4, 0.5) is 10.1 Å². The molecule has 10 heteroatoms. The van der Waals surface area contributed by atoms with Gasteiger partial charge in [-0.05, 0) is 62.7 Å². The zero-order chi connectivity index (χ0) is 31.0. The van der Waals surface area contributed by atoms with E-state index in [2.05, 4.69) is 5.32 Å². The highest BCUT2D eigenvalue weighted by Crippen LogP contribution is 2.31. The lowest BCUT2D eigenvalue weighted by atomic mass is 9.95. The van der Waals surface area contributed by atoms with Crippen LogP contribution in [0.15, 0.2) is 99.9 Å². The number of anilines is 1. The van der Waals surface area contributed by atoms with E-state index in [1.165, 1.54) is 28.0 Å². The molecule has 0 fully saturated rings. The number of carbonyl (C=O) groups excluding carboxylic acids is 2. The fourth-order valence-corrected chi connectivity index (χ4v) is 6.63. The molecule has 8 nitrogen and oxygen atoms in total. The smallest absolute Gasteiger partial charge is 0.325 e. The zero-order valence-electron chi connectivity index (χ0n) is 24.3. The molecular weight excluding hydrogens is 579 g/mol. The number of ether oxygens (including phenoxy) is 1. The average molecular weight is 609 g/mol. The van der Waals surface area contributed by atoms with Crippen LogP contribution in [0.25, 0.3) is 17.0 Å². The summed E-state index contributed by atoms with van der Waals surface area (Å²) in [5.41, 5.74) is 4.05. The van der Waals surface area contributed by atoms with E-state index < -0.39 is 17.8 Å². The summed E-state index contributed by atoms with van der Waals surface area (Å²) in [6.07, 6.45) is 1.81. The fraction of sp³-hybridized carbons (Fsp3) is 0.176. The number of nitrogens with zero attached hydrogens (tertiary/aromatic N) is 3. The molecule has 44 heavy (non-hydrogen) atoms. The maximum atomic E-state index is 14.2. The fourth-order valence-electron chi connectivity index (χ4n) is 5.60. The molecule has 1 N–H and O–H groups in total. The Morgan fingerprint density at radius 2 is 1.73 bits per heavy atom. The molecule has 1 aliphatic heterocycles. The Kier molecular flexibility index (Phi) is 7.84. The van der Waals surface area contributed by atoms with Gasteiger partial charge in [-0.15, -0.1) is 0 Å². The van der Waals surface area contributed by atoms with E-state index in [0.29, 0.717) is 31.9 Å². The van der Waals surface area contributed by atoms with Crippen molar-refractivity contribution in [1.82, 2.24) is 9.13 Å². The minimum Gasteiger partial charge on any atom is -0.465 e. The summed E-state index contributed by atoms with van der Waals surface area (Å²) in [5.74, 6) is -1.18. The third-order valence-electron chi connectivity index (χ3n) is 7.63. The second-order valence-corrected chi connectivity index (χ2v) is 11.4. The van der Waals surface area contributed by atoms with Crippen molar-refractivity contribution in [2.45, 2.75) is 33.4 Å². The van der Waals surface area contributed by atoms with Gasteiger partial charge in [0.1, 0.15) is 12.4 Å². The number of hydrogen-bond acceptors (Lipinski definition) is 6. The minimum atomic E-state index is -0.830. The summed E-state index contributed by atoms with van der Waals surface area (Å²) < 4.78 is 23.0. The van der Waals surface area contributed by atoms with Crippen LogP contribution in [0, 0.1) is 12.7 Å². The van der Waals surface area contributed by atoms with E-state index in [9.17, 15) is 18.8 Å². The lowest BCUT2D eigenvalue weighted by Gasteiger charge is -2.25. The van der Waals surface area contributed by atoms with Gasteiger partial charge in [-0.2, -0.15) is 0 Å². The van der Waals surface area contributed by atoms with Crippen molar-refractivity contribution in [3.63, 3.8) is 0 Å². The first-order valence-corrected chi connectivity index (χ1v) is 15.0. The number of benzene rings is 3. The maximum Gasteiger partial charge on any atom is 0.325 e. The molecule has 2 aromatic heterocycles. The van der Waals surface area contributed by atoms with Crippen LogP contribution in [0.1, 0.15) is 36.7 Å². The molecule has 1 atom stereocenters. The third-order valence-corrected chi connectivity index (χ3v) is 8.61. The molecule has 0 radical (unpaired) electrons. The van der Waals surface area contributed by atoms with Crippen molar-refractivity contribution in [2.75, 3.05) is 11.9 Å². The number of rotatable bonds is 7. The van der Waals surface area contributed by atoms with Crippen molar-refractivity contribution in [3.05, 3.63) is 132 Å². The number of para-hydroxylation sites is 2. The number of amides is 1. The first-order chi connectivity index (χ1) is 21.3. The molecule has 0 saturated carbocycles. The molecule has 0 spiro atoms. The summed E-state index contributed by atoms with van der Waals surface area (Å²) in [4.78, 5) is 45.4. The van der Waals surface area contributed by atoms with E-state index >= 15 is 0 Å². The molecule has 5 aromatic rings. The van der Waals surface area contributed by atoms with Gasteiger partial charge in [0.25, 0.3) is 11.5 Å². The Balaban J connectivity index is 1.52. The average Bonchev–Trinajstić information content (AvgIpc) is 3.46. The van der Waals surface area contributed by atoms with Crippen LogP contribution in [0.5, 0.6) is 0 Å². The van der Waals surface area contributed by atoms with Crippen LogP contribution in [0.3, 0.4) is 0 Å². The Hall–Kier alpha value is -5.09. The lowest BCUT2D eigenvalue weighted by Crippen LogP contribution is -2.40. The molecule has 1 aliphatic rings. The van der Waals surface area contributed by atoms with Crippen LogP contribution >= 0.6 is 11.3 Å². The van der Waals surface area contributed by atoms with Crippen molar-refractivity contribution in [1.29, 1.82) is 0 Å². The summed E-state index contributed by atoms with van der Waals surface area (Å²) in [6.45, 7) is 5.73. The van der Waals surface area contributed by atoms with Crippen LogP contribution in [0.2, 0.25) is 0 Å². The lowest BCUT2D eigenvalue weighted by molar-refractivity contribution is -0.143. The summed E-state index contributed by atoms with van der Waals surface area (Å²) >= 11 is 1.22. The minimum absolute atomic E-state index is 0.0406. The monoisotopic (exact) mass is 608 g/mol. The number of halogens is 1. The largest absolute Gasteiger partial charge is 0.465 e. The first kappa shape index (κ1) is 29.0. The predicted molar refractivity (Wildman–Crippen MR) is 169 cm³/mol. The highest BCUT2D eigenvalue weighted by Gasteiger charge is 2.32. The maximum absolute atomic E-state index is 14.2. The van der Waals surface area contributed by atoms with Crippen molar-refractivity contribution in [3.8, 4) is 0 Å². The van der Waals surface area contributed by atoms with E-state index in [0.717, 1.165) is 22.2 Å². The van der Waals surface area contributed by atoms with Gasteiger partial charge in [0, 0.05) is 27.8 Å². The quantitative estimate of drug-likeness (QED) is 0.268. The predicted octanol–water partition coefficient (Wildman–Crippen LogP) is 4.84. The van der Waals surface area contributed by atoms with Crippen LogP contribution < -0.4 is 20.2 Å². The van der Waals surface area contributed by atoms with Gasteiger partial charge in [-0.1, -0.05) is 59.9 Å².